The Morgan fingerprint density at radius 3 is 1.45 bits per heavy atom. The molecule has 0 bridgehead atoms. The predicted molar refractivity (Wildman–Crippen MR) is 146 cm³/mol. The average Bonchev–Trinajstić information content (AvgIpc) is 2.83. The van der Waals surface area contributed by atoms with Gasteiger partial charge in [0.15, 0.2) is 0 Å². The number of aryl methyl sites for hydroxylation is 1. The van der Waals surface area contributed by atoms with Crippen molar-refractivity contribution in [3.8, 4) is 11.1 Å². The maximum absolute atomic E-state index is 2.25. The third-order valence-electron chi connectivity index (χ3n) is 4.22. The minimum atomic E-state index is 1.25. The van der Waals surface area contributed by atoms with Crippen LogP contribution in [0.5, 0.6) is 0 Å². The molecule has 31 heavy (non-hydrogen) atoms. The molecule has 0 aliphatic carbocycles. The lowest BCUT2D eigenvalue weighted by atomic mass is 9.92. The van der Waals surface area contributed by atoms with Crippen LogP contribution >= 0.6 is 0 Å². The molecule has 0 amide bonds. The van der Waals surface area contributed by atoms with E-state index in [9.17, 15) is 0 Å². The molecular formula is C31H44. The molecule has 0 aliphatic rings. The second-order valence-corrected chi connectivity index (χ2v) is 6.92. The zero-order chi connectivity index (χ0) is 23.6. The smallest absolute Gasteiger partial charge is 0.00990 e. The van der Waals surface area contributed by atoms with Crippen molar-refractivity contribution in [1.82, 2.24) is 0 Å². The molecule has 0 unspecified atom stereocenters. The van der Waals surface area contributed by atoms with Gasteiger partial charge in [0.2, 0.25) is 0 Å². The summed E-state index contributed by atoms with van der Waals surface area (Å²) in [7, 11) is 0. The molecule has 168 valence electrons. The van der Waals surface area contributed by atoms with Gasteiger partial charge in [-0.25, -0.2) is 0 Å². The quantitative estimate of drug-likeness (QED) is 0.289. The van der Waals surface area contributed by atoms with Gasteiger partial charge in [0.1, 0.15) is 0 Å². The summed E-state index contributed by atoms with van der Waals surface area (Å²) in [5.41, 5.74) is 3.95. The Balaban J connectivity index is 0.000000784. The van der Waals surface area contributed by atoms with Gasteiger partial charge in [0, 0.05) is 0 Å². The van der Waals surface area contributed by atoms with E-state index >= 15 is 0 Å². The van der Waals surface area contributed by atoms with E-state index in [2.05, 4.69) is 113 Å². The van der Waals surface area contributed by atoms with E-state index in [1.807, 2.05) is 27.7 Å². The van der Waals surface area contributed by atoms with Gasteiger partial charge in [-0.15, -0.1) is 0 Å². The van der Waals surface area contributed by atoms with Crippen LogP contribution in [-0.2, 0) is 0 Å². The Bertz CT molecular complexity index is 972. The SMILES string of the molecule is CC.CC.CCC.CCC.Cc1ccc(-c2cccc3ccccc23)c2ccccc12. The van der Waals surface area contributed by atoms with Crippen LogP contribution in [0.25, 0.3) is 32.7 Å². The molecular weight excluding hydrogens is 372 g/mol. The molecule has 4 aromatic carbocycles. The maximum atomic E-state index is 2.25. The Morgan fingerprint density at radius 1 is 0.452 bits per heavy atom. The fraction of sp³-hybridized carbons (Fsp3) is 0.355. The first-order valence-electron chi connectivity index (χ1n) is 12.1. The third kappa shape index (κ3) is 8.21. The summed E-state index contributed by atoms with van der Waals surface area (Å²) in [5.74, 6) is 0. The van der Waals surface area contributed by atoms with E-state index in [0.717, 1.165) is 0 Å². The first-order chi connectivity index (χ1) is 15.2. The van der Waals surface area contributed by atoms with Crippen LogP contribution in [0.1, 0.15) is 73.8 Å². The summed E-state index contributed by atoms with van der Waals surface area (Å²) in [6.07, 6.45) is 2.50. The number of hydrogen-bond donors (Lipinski definition) is 0. The minimum absolute atomic E-state index is 1.25. The lowest BCUT2D eigenvalue weighted by Crippen LogP contribution is -1.86. The highest BCUT2D eigenvalue weighted by Crippen LogP contribution is 2.34. The van der Waals surface area contributed by atoms with Crippen molar-refractivity contribution >= 4 is 21.5 Å². The summed E-state index contributed by atoms with van der Waals surface area (Å²) >= 11 is 0. The summed E-state index contributed by atoms with van der Waals surface area (Å²) in [4.78, 5) is 0. The van der Waals surface area contributed by atoms with Crippen LogP contribution in [0.3, 0.4) is 0 Å². The van der Waals surface area contributed by atoms with Crippen molar-refractivity contribution in [2.75, 3.05) is 0 Å². The van der Waals surface area contributed by atoms with E-state index < -0.39 is 0 Å². The van der Waals surface area contributed by atoms with Gasteiger partial charge in [-0.05, 0) is 45.2 Å². The lowest BCUT2D eigenvalue weighted by Gasteiger charge is -2.11. The predicted octanol–water partition coefficient (Wildman–Crippen LogP) is 10.9. The molecule has 0 N–H and O–H groups in total. The van der Waals surface area contributed by atoms with E-state index in [4.69, 9.17) is 0 Å². The third-order valence-corrected chi connectivity index (χ3v) is 4.22. The highest BCUT2D eigenvalue weighted by atomic mass is 14.1. The summed E-state index contributed by atoms with van der Waals surface area (Å²) in [6.45, 7) is 18.7. The highest BCUT2D eigenvalue weighted by Gasteiger charge is 2.08. The molecule has 0 aliphatic heterocycles. The van der Waals surface area contributed by atoms with Gasteiger partial charge in [0.25, 0.3) is 0 Å². The van der Waals surface area contributed by atoms with Crippen LogP contribution in [0.4, 0.5) is 0 Å². The van der Waals surface area contributed by atoms with Gasteiger partial charge >= 0.3 is 0 Å². The molecule has 4 aromatic rings. The molecule has 0 saturated carbocycles. The van der Waals surface area contributed by atoms with Crippen LogP contribution < -0.4 is 0 Å². The van der Waals surface area contributed by atoms with Crippen LogP contribution in [0.2, 0.25) is 0 Å². The molecule has 4 rings (SSSR count). The fourth-order valence-corrected chi connectivity index (χ4v) is 3.14. The highest BCUT2D eigenvalue weighted by molar-refractivity contribution is 6.06. The Labute approximate surface area is 192 Å². The van der Waals surface area contributed by atoms with Gasteiger partial charge in [0.05, 0.1) is 0 Å². The molecule has 0 heterocycles. The van der Waals surface area contributed by atoms with E-state index in [1.165, 1.54) is 51.1 Å². The first kappa shape index (κ1) is 28.4. The van der Waals surface area contributed by atoms with Crippen LogP contribution in [0.15, 0.2) is 78.9 Å². The molecule has 0 heteroatoms. The number of benzene rings is 4. The van der Waals surface area contributed by atoms with E-state index in [-0.39, 0.29) is 0 Å². The van der Waals surface area contributed by atoms with Crippen molar-refractivity contribution in [1.29, 1.82) is 0 Å². The zero-order valence-electron chi connectivity index (χ0n) is 21.4. The largest absolute Gasteiger partial charge is 0.0683 e. The van der Waals surface area contributed by atoms with E-state index in [1.54, 1.807) is 0 Å². The second kappa shape index (κ2) is 17.1. The van der Waals surface area contributed by atoms with Gasteiger partial charge in [-0.1, -0.05) is 147 Å². The molecule has 0 radical (unpaired) electrons. The maximum Gasteiger partial charge on any atom is -0.00990 e. The lowest BCUT2D eigenvalue weighted by molar-refractivity contribution is 1.09. The fourth-order valence-electron chi connectivity index (χ4n) is 3.14. The van der Waals surface area contributed by atoms with Gasteiger partial charge in [-0.2, -0.15) is 0 Å². The minimum Gasteiger partial charge on any atom is -0.0683 e. The Kier molecular flexibility index (Phi) is 15.7. The number of hydrogen-bond acceptors (Lipinski definition) is 0. The Morgan fingerprint density at radius 2 is 0.871 bits per heavy atom. The van der Waals surface area contributed by atoms with Crippen molar-refractivity contribution in [3.05, 3.63) is 84.4 Å². The van der Waals surface area contributed by atoms with Gasteiger partial charge < -0.3 is 0 Å². The molecule has 0 spiro atoms. The van der Waals surface area contributed by atoms with Crippen molar-refractivity contribution in [3.63, 3.8) is 0 Å². The number of rotatable bonds is 1. The van der Waals surface area contributed by atoms with Crippen molar-refractivity contribution < 1.29 is 0 Å². The average molecular weight is 417 g/mol. The standard InChI is InChI=1S/C21H16.2C3H8.2C2H6/c1-15-13-14-21(19-11-5-4-9-17(15)19)20-12-6-8-16-7-2-3-10-18(16)20;2*1-3-2;2*1-2/h2-14H,1H3;2*3H2,1-2H3;2*1-2H3. The normalized spacial score (nSPS) is 9.06. The molecule has 0 fully saturated rings. The topological polar surface area (TPSA) is 0 Å². The number of fused-ring (bicyclic) bond motifs is 2. The second-order valence-electron chi connectivity index (χ2n) is 6.92. The van der Waals surface area contributed by atoms with Gasteiger partial charge in [-0.3, -0.25) is 0 Å². The molecule has 0 saturated heterocycles. The summed E-state index contributed by atoms with van der Waals surface area (Å²) in [5, 5.41) is 5.27. The Hall–Kier alpha value is -2.60. The zero-order valence-corrected chi connectivity index (χ0v) is 21.4. The molecule has 0 nitrogen and oxygen atoms in total. The molecule has 0 aromatic heterocycles. The molecule has 0 atom stereocenters. The van der Waals surface area contributed by atoms with Crippen molar-refractivity contribution in [2.45, 2.75) is 75.2 Å². The van der Waals surface area contributed by atoms with Crippen LogP contribution in [-0.4, -0.2) is 0 Å². The monoisotopic (exact) mass is 416 g/mol. The van der Waals surface area contributed by atoms with Crippen molar-refractivity contribution in [2.24, 2.45) is 0 Å². The van der Waals surface area contributed by atoms with Crippen LogP contribution in [0, 0.1) is 6.92 Å². The first-order valence-corrected chi connectivity index (χ1v) is 12.1. The van der Waals surface area contributed by atoms with E-state index in [0.29, 0.717) is 0 Å². The summed E-state index contributed by atoms with van der Waals surface area (Å²) in [6, 6.07) is 28.3. The summed E-state index contributed by atoms with van der Waals surface area (Å²) < 4.78 is 0.